The van der Waals surface area contributed by atoms with Crippen LogP contribution in [0.25, 0.3) is 11.0 Å². The summed E-state index contributed by atoms with van der Waals surface area (Å²) < 4.78 is 18.5. The lowest BCUT2D eigenvalue weighted by molar-refractivity contribution is -0.121. The largest absolute Gasteiger partial charge is 0.497 e. The van der Waals surface area contributed by atoms with Crippen molar-refractivity contribution in [2.24, 2.45) is 0 Å². The van der Waals surface area contributed by atoms with Crippen LogP contribution in [-0.2, 0) is 17.8 Å². The maximum atomic E-state index is 12.7. The molecule has 7 heteroatoms. The lowest BCUT2D eigenvalue weighted by Crippen LogP contribution is -2.30. The minimum absolute atomic E-state index is 0.0658. The first-order valence-electron chi connectivity index (χ1n) is 11.2. The Morgan fingerprint density at radius 1 is 0.941 bits per heavy atom. The van der Waals surface area contributed by atoms with Crippen molar-refractivity contribution in [1.29, 1.82) is 0 Å². The molecule has 0 aliphatic heterocycles. The average Bonchev–Trinajstić information content (AvgIpc) is 3.23. The molecule has 1 unspecified atom stereocenters. The SMILES string of the molecule is COc1ccc(CC(=O)NC(C)c2nc3ccccc3n2CCOc2cccc(OC)c2)cc1. The minimum Gasteiger partial charge on any atom is -0.497 e. The summed E-state index contributed by atoms with van der Waals surface area (Å²) in [6, 6.07) is 22.7. The van der Waals surface area contributed by atoms with Crippen LogP contribution in [0.3, 0.4) is 0 Å². The van der Waals surface area contributed by atoms with Gasteiger partial charge in [0, 0.05) is 6.07 Å². The molecule has 4 rings (SSSR count). The van der Waals surface area contributed by atoms with Crippen molar-refractivity contribution >= 4 is 16.9 Å². The van der Waals surface area contributed by atoms with E-state index >= 15 is 0 Å². The van der Waals surface area contributed by atoms with Gasteiger partial charge in [0.2, 0.25) is 5.91 Å². The first kappa shape index (κ1) is 23.2. The number of fused-ring (bicyclic) bond motifs is 1. The van der Waals surface area contributed by atoms with Gasteiger partial charge in [-0.05, 0) is 48.9 Å². The molecule has 0 aliphatic rings. The van der Waals surface area contributed by atoms with Crippen molar-refractivity contribution in [3.05, 3.63) is 84.2 Å². The van der Waals surface area contributed by atoms with Gasteiger partial charge < -0.3 is 24.1 Å². The summed E-state index contributed by atoms with van der Waals surface area (Å²) >= 11 is 0. The molecule has 0 aliphatic carbocycles. The van der Waals surface area contributed by atoms with Gasteiger partial charge >= 0.3 is 0 Å². The highest BCUT2D eigenvalue weighted by Crippen LogP contribution is 2.22. The topological polar surface area (TPSA) is 74.6 Å². The van der Waals surface area contributed by atoms with Crippen LogP contribution in [0.4, 0.5) is 0 Å². The highest BCUT2D eigenvalue weighted by molar-refractivity contribution is 5.79. The number of rotatable bonds is 10. The van der Waals surface area contributed by atoms with Crippen molar-refractivity contribution in [3.63, 3.8) is 0 Å². The molecule has 176 valence electrons. The third kappa shape index (κ3) is 5.49. The van der Waals surface area contributed by atoms with Crippen LogP contribution >= 0.6 is 0 Å². The summed E-state index contributed by atoms with van der Waals surface area (Å²) in [4.78, 5) is 17.5. The van der Waals surface area contributed by atoms with Gasteiger partial charge in [0.1, 0.15) is 29.7 Å². The van der Waals surface area contributed by atoms with Gasteiger partial charge in [-0.1, -0.05) is 30.3 Å². The van der Waals surface area contributed by atoms with Crippen molar-refractivity contribution in [2.45, 2.75) is 25.9 Å². The molecule has 4 aromatic rings. The van der Waals surface area contributed by atoms with E-state index in [1.54, 1.807) is 14.2 Å². The molecular weight excluding hydrogens is 430 g/mol. The average molecular weight is 460 g/mol. The van der Waals surface area contributed by atoms with E-state index in [0.29, 0.717) is 13.2 Å². The van der Waals surface area contributed by atoms with E-state index in [0.717, 1.165) is 39.7 Å². The van der Waals surface area contributed by atoms with Crippen LogP contribution < -0.4 is 19.5 Å². The Kier molecular flexibility index (Phi) is 7.32. The smallest absolute Gasteiger partial charge is 0.224 e. The van der Waals surface area contributed by atoms with Crippen LogP contribution in [-0.4, -0.2) is 36.3 Å². The molecule has 1 N–H and O–H groups in total. The first-order valence-corrected chi connectivity index (χ1v) is 11.2. The zero-order valence-corrected chi connectivity index (χ0v) is 19.7. The molecule has 0 radical (unpaired) electrons. The Morgan fingerprint density at radius 2 is 1.68 bits per heavy atom. The highest BCUT2D eigenvalue weighted by atomic mass is 16.5. The van der Waals surface area contributed by atoms with Gasteiger partial charge in [-0.15, -0.1) is 0 Å². The van der Waals surface area contributed by atoms with E-state index in [9.17, 15) is 4.79 Å². The van der Waals surface area contributed by atoms with Crippen LogP contribution in [0.15, 0.2) is 72.8 Å². The number of benzene rings is 3. The van der Waals surface area contributed by atoms with Gasteiger partial charge in [0.25, 0.3) is 0 Å². The number of para-hydroxylation sites is 2. The van der Waals surface area contributed by atoms with Crippen LogP contribution in [0.5, 0.6) is 17.2 Å². The molecule has 1 heterocycles. The van der Waals surface area contributed by atoms with E-state index < -0.39 is 0 Å². The number of aromatic nitrogens is 2. The molecule has 1 atom stereocenters. The first-order chi connectivity index (χ1) is 16.6. The summed E-state index contributed by atoms with van der Waals surface area (Å²) in [6.45, 7) is 2.99. The molecular formula is C27H29N3O4. The van der Waals surface area contributed by atoms with E-state index in [1.807, 2.05) is 79.7 Å². The fourth-order valence-corrected chi connectivity index (χ4v) is 3.89. The number of hydrogen-bond acceptors (Lipinski definition) is 5. The lowest BCUT2D eigenvalue weighted by atomic mass is 10.1. The second kappa shape index (κ2) is 10.7. The third-order valence-corrected chi connectivity index (χ3v) is 5.60. The number of carbonyl (C=O) groups is 1. The quantitative estimate of drug-likeness (QED) is 0.377. The molecule has 3 aromatic carbocycles. The fourth-order valence-electron chi connectivity index (χ4n) is 3.89. The Morgan fingerprint density at radius 3 is 2.44 bits per heavy atom. The number of nitrogens with one attached hydrogen (secondary N) is 1. The second-order valence-electron chi connectivity index (χ2n) is 7.95. The van der Waals surface area contributed by atoms with Crippen LogP contribution in [0.2, 0.25) is 0 Å². The van der Waals surface area contributed by atoms with E-state index in [1.165, 1.54) is 0 Å². The maximum absolute atomic E-state index is 12.7. The van der Waals surface area contributed by atoms with Crippen LogP contribution in [0.1, 0.15) is 24.4 Å². The predicted octanol–water partition coefficient (Wildman–Crippen LogP) is 4.55. The number of carbonyl (C=O) groups excluding carboxylic acids is 1. The lowest BCUT2D eigenvalue weighted by Gasteiger charge is -2.17. The molecule has 0 spiro atoms. The Balaban J connectivity index is 1.46. The van der Waals surface area contributed by atoms with Gasteiger partial charge in [0.15, 0.2) is 0 Å². The van der Waals surface area contributed by atoms with Gasteiger partial charge in [-0.25, -0.2) is 4.98 Å². The molecule has 34 heavy (non-hydrogen) atoms. The van der Waals surface area contributed by atoms with Gasteiger partial charge in [-0.3, -0.25) is 4.79 Å². The summed E-state index contributed by atoms with van der Waals surface area (Å²) in [5, 5.41) is 3.09. The monoisotopic (exact) mass is 459 g/mol. The molecule has 0 saturated carbocycles. The minimum atomic E-state index is -0.269. The second-order valence-corrected chi connectivity index (χ2v) is 7.95. The summed E-state index contributed by atoms with van der Waals surface area (Å²) in [7, 11) is 3.25. The summed E-state index contributed by atoms with van der Waals surface area (Å²) in [6.07, 6.45) is 0.285. The number of methoxy groups -OCH3 is 2. The normalized spacial score (nSPS) is 11.7. The Hall–Kier alpha value is -4.00. The zero-order chi connectivity index (χ0) is 23.9. The van der Waals surface area contributed by atoms with Gasteiger partial charge in [-0.2, -0.15) is 0 Å². The zero-order valence-electron chi connectivity index (χ0n) is 19.7. The number of amides is 1. The molecule has 7 nitrogen and oxygen atoms in total. The number of imidazole rings is 1. The van der Waals surface area contributed by atoms with Crippen molar-refractivity contribution in [1.82, 2.24) is 14.9 Å². The van der Waals surface area contributed by atoms with E-state index in [2.05, 4.69) is 9.88 Å². The third-order valence-electron chi connectivity index (χ3n) is 5.60. The molecule has 0 fully saturated rings. The van der Waals surface area contributed by atoms with E-state index in [-0.39, 0.29) is 18.4 Å². The Bertz CT molecular complexity index is 1250. The van der Waals surface area contributed by atoms with Crippen molar-refractivity contribution in [2.75, 3.05) is 20.8 Å². The predicted molar refractivity (Wildman–Crippen MR) is 131 cm³/mol. The fraction of sp³-hybridized carbons (Fsp3) is 0.259. The molecule has 1 aromatic heterocycles. The molecule has 0 bridgehead atoms. The maximum Gasteiger partial charge on any atom is 0.224 e. The highest BCUT2D eigenvalue weighted by Gasteiger charge is 2.18. The summed E-state index contributed by atoms with van der Waals surface area (Å²) in [5.74, 6) is 2.98. The summed E-state index contributed by atoms with van der Waals surface area (Å²) in [5.41, 5.74) is 2.81. The van der Waals surface area contributed by atoms with Crippen LogP contribution in [0, 0.1) is 0 Å². The number of nitrogens with zero attached hydrogens (tertiary/aromatic N) is 2. The molecule has 1 amide bonds. The van der Waals surface area contributed by atoms with Gasteiger partial charge in [0.05, 0.1) is 44.3 Å². The number of hydrogen-bond donors (Lipinski definition) is 1. The Labute approximate surface area is 199 Å². The molecule has 0 saturated heterocycles. The van der Waals surface area contributed by atoms with Crippen molar-refractivity contribution < 1.29 is 19.0 Å². The number of ether oxygens (including phenoxy) is 3. The van der Waals surface area contributed by atoms with E-state index in [4.69, 9.17) is 19.2 Å². The standard InChI is InChI=1S/C27H29N3O4/c1-19(28-26(31)17-20-11-13-21(32-2)14-12-20)27-29-24-9-4-5-10-25(24)30(27)15-16-34-23-8-6-7-22(18-23)33-3/h4-14,18-19H,15-17H2,1-3H3,(H,28,31). The van der Waals surface area contributed by atoms with Crippen molar-refractivity contribution in [3.8, 4) is 17.2 Å².